The van der Waals surface area contributed by atoms with E-state index in [2.05, 4.69) is 16.1 Å². The molecule has 0 fully saturated rings. The molecule has 6 heteroatoms. The Bertz CT molecular complexity index is 409. The van der Waals surface area contributed by atoms with Crippen molar-refractivity contribution in [1.82, 2.24) is 0 Å². The fourth-order valence-corrected chi connectivity index (χ4v) is 1.03. The number of ether oxygens (including phenoxy) is 2. The molecule has 0 bridgehead atoms. The number of carbonyl (C=O) groups excluding carboxylic acids is 2. The molecular formula is C14H20F2O4. The molecule has 20 heavy (non-hydrogen) atoms. The van der Waals surface area contributed by atoms with Crippen molar-refractivity contribution in [2.24, 2.45) is 5.92 Å². The lowest BCUT2D eigenvalue weighted by Crippen LogP contribution is -2.36. The van der Waals surface area contributed by atoms with Gasteiger partial charge in [0.1, 0.15) is 6.61 Å². The molecule has 0 amide bonds. The highest BCUT2D eigenvalue weighted by Gasteiger charge is 2.38. The molecule has 0 rings (SSSR count). The summed E-state index contributed by atoms with van der Waals surface area (Å²) in [6, 6.07) is 0. The summed E-state index contributed by atoms with van der Waals surface area (Å²) in [5.41, 5.74) is 0.789. The van der Waals surface area contributed by atoms with Gasteiger partial charge in [0.25, 0.3) is 5.92 Å². The van der Waals surface area contributed by atoms with Gasteiger partial charge < -0.3 is 9.47 Å². The highest BCUT2D eigenvalue weighted by Crippen LogP contribution is 2.25. The van der Waals surface area contributed by atoms with Crippen LogP contribution in [0.2, 0.25) is 0 Å². The standard InChI is InChI=1S/C14H20F2O4/c1-9(2)6-12(17)20-8-14(15,16)11(5)7-19-13(18)10(3)4/h6,11H,3,7-8H2,1-2,4-5H3. The molecule has 1 atom stereocenters. The van der Waals surface area contributed by atoms with E-state index < -0.39 is 37.0 Å². The highest BCUT2D eigenvalue weighted by atomic mass is 19.3. The van der Waals surface area contributed by atoms with E-state index in [1.165, 1.54) is 13.8 Å². The zero-order valence-electron chi connectivity index (χ0n) is 12.2. The van der Waals surface area contributed by atoms with E-state index in [0.29, 0.717) is 5.57 Å². The normalized spacial score (nSPS) is 12.3. The minimum absolute atomic E-state index is 0.135. The molecular weight excluding hydrogens is 270 g/mol. The molecule has 0 aromatic carbocycles. The molecule has 0 heterocycles. The smallest absolute Gasteiger partial charge is 0.333 e. The predicted molar refractivity (Wildman–Crippen MR) is 70.3 cm³/mol. The van der Waals surface area contributed by atoms with Gasteiger partial charge in [-0.25, -0.2) is 18.4 Å². The number of hydrogen-bond donors (Lipinski definition) is 0. The minimum atomic E-state index is -3.28. The van der Waals surface area contributed by atoms with E-state index in [1.807, 2.05) is 0 Å². The molecule has 0 radical (unpaired) electrons. The predicted octanol–water partition coefficient (Wildman–Crippen LogP) is 2.89. The molecule has 114 valence electrons. The van der Waals surface area contributed by atoms with Crippen LogP contribution in [0.15, 0.2) is 23.8 Å². The Morgan fingerprint density at radius 3 is 2.25 bits per heavy atom. The summed E-state index contributed by atoms with van der Waals surface area (Å²) >= 11 is 0. The van der Waals surface area contributed by atoms with Gasteiger partial charge in [-0.15, -0.1) is 0 Å². The second kappa shape index (κ2) is 7.77. The molecule has 0 N–H and O–H groups in total. The van der Waals surface area contributed by atoms with Gasteiger partial charge in [-0.3, -0.25) is 0 Å². The number of halogens is 2. The minimum Gasteiger partial charge on any atom is -0.462 e. The topological polar surface area (TPSA) is 52.6 Å². The first-order valence-corrected chi connectivity index (χ1v) is 6.08. The fraction of sp³-hybridized carbons (Fsp3) is 0.571. The number of allylic oxidation sites excluding steroid dienone is 1. The fourth-order valence-electron chi connectivity index (χ4n) is 1.03. The zero-order valence-corrected chi connectivity index (χ0v) is 12.2. The van der Waals surface area contributed by atoms with Gasteiger partial charge in [-0.05, 0) is 20.8 Å². The molecule has 0 saturated heterocycles. The molecule has 0 aliphatic heterocycles. The summed E-state index contributed by atoms with van der Waals surface area (Å²) in [4.78, 5) is 22.3. The maximum absolute atomic E-state index is 13.7. The third-order valence-electron chi connectivity index (χ3n) is 2.35. The van der Waals surface area contributed by atoms with Crippen molar-refractivity contribution in [3.8, 4) is 0 Å². The van der Waals surface area contributed by atoms with Crippen molar-refractivity contribution in [1.29, 1.82) is 0 Å². The quantitative estimate of drug-likeness (QED) is 0.534. The van der Waals surface area contributed by atoms with Gasteiger partial charge >= 0.3 is 11.9 Å². The van der Waals surface area contributed by atoms with E-state index in [1.54, 1.807) is 13.8 Å². The monoisotopic (exact) mass is 290 g/mol. The summed E-state index contributed by atoms with van der Waals surface area (Å²) in [6.45, 7) is 7.75. The van der Waals surface area contributed by atoms with Crippen molar-refractivity contribution in [2.75, 3.05) is 13.2 Å². The van der Waals surface area contributed by atoms with Crippen LogP contribution in [0.1, 0.15) is 27.7 Å². The maximum atomic E-state index is 13.7. The molecule has 0 aromatic rings. The van der Waals surface area contributed by atoms with Crippen LogP contribution in [0.4, 0.5) is 8.78 Å². The van der Waals surface area contributed by atoms with Gasteiger partial charge in [0.05, 0.1) is 5.92 Å². The number of hydrogen-bond acceptors (Lipinski definition) is 4. The Hall–Kier alpha value is -1.72. The third kappa shape index (κ3) is 7.01. The van der Waals surface area contributed by atoms with E-state index in [4.69, 9.17) is 0 Å². The largest absolute Gasteiger partial charge is 0.462 e. The lowest BCUT2D eigenvalue weighted by atomic mass is 10.1. The van der Waals surface area contributed by atoms with Crippen LogP contribution in [0, 0.1) is 5.92 Å². The number of rotatable bonds is 7. The first kappa shape index (κ1) is 18.3. The SMILES string of the molecule is C=C(C)C(=O)OCC(C)C(F)(F)COC(=O)C=C(C)C. The van der Waals surface area contributed by atoms with Crippen LogP contribution in [0.25, 0.3) is 0 Å². The zero-order chi connectivity index (χ0) is 15.9. The summed E-state index contributed by atoms with van der Waals surface area (Å²) in [7, 11) is 0. The maximum Gasteiger partial charge on any atom is 0.333 e. The first-order valence-electron chi connectivity index (χ1n) is 6.08. The van der Waals surface area contributed by atoms with Crippen molar-refractivity contribution in [2.45, 2.75) is 33.6 Å². The van der Waals surface area contributed by atoms with Crippen LogP contribution < -0.4 is 0 Å². The molecule has 1 unspecified atom stereocenters. The van der Waals surface area contributed by atoms with Crippen molar-refractivity contribution in [3.05, 3.63) is 23.8 Å². The van der Waals surface area contributed by atoms with Gasteiger partial charge in [0.15, 0.2) is 6.61 Å². The highest BCUT2D eigenvalue weighted by molar-refractivity contribution is 5.86. The number of alkyl halides is 2. The van der Waals surface area contributed by atoms with Crippen LogP contribution in [0.5, 0.6) is 0 Å². The Morgan fingerprint density at radius 1 is 1.25 bits per heavy atom. The second-order valence-electron chi connectivity index (χ2n) is 4.87. The summed E-state index contributed by atoms with van der Waals surface area (Å²) in [5.74, 6) is -6.10. The van der Waals surface area contributed by atoms with Crippen LogP contribution in [0.3, 0.4) is 0 Å². The van der Waals surface area contributed by atoms with Crippen molar-refractivity contribution in [3.63, 3.8) is 0 Å². The summed E-state index contributed by atoms with van der Waals surface area (Å²) in [5, 5.41) is 0. The Morgan fingerprint density at radius 2 is 1.80 bits per heavy atom. The van der Waals surface area contributed by atoms with E-state index in [-0.39, 0.29) is 5.57 Å². The Balaban J connectivity index is 4.34. The average molecular weight is 290 g/mol. The summed E-state index contributed by atoms with van der Waals surface area (Å²) < 4.78 is 36.4. The average Bonchev–Trinajstić information content (AvgIpc) is 2.32. The molecule has 0 saturated carbocycles. The summed E-state index contributed by atoms with van der Waals surface area (Å²) in [6.07, 6.45) is 1.13. The van der Waals surface area contributed by atoms with Gasteiger partial charge in [-0.1, -0.05) is 19.1 Å². The van der Waals surface area contributed by atoms with Crippen molar-refractivity contribution >= 4 is 11.9 Å². The van der Waals surface area contributed by atoms with E-state index >= 15 is 0 Å². The van der Waals surface area contributed by atoms with Crippen LogP contribution >= 0.6 is 0 Å². The lowest BCUT2D eigenvalue weighted by molar-refractivity contribution is -0.163. The molecule has 0 aliphatic carbocycles. The number of carbonyl (C=O) groups is 2. The molecule has 4 nitrogen and oxygen atoms in total. The van der Waals surface area contributed by atoms with Crippen LogP contribution in [-0.4, -0.2) is 31.1 Å². The van der Waals surface area contributed by atoms with Gasteiger partial charge in [0.2, 0.25) is 0 Å². The first-order chi connectivity index (χ1) is 9.06. The lowest BCUT2D eigenvalue weighted by Gasteiger charge is -2.22. The Kier molecular flexibility index (Phi) is 7.10. The Labute approximate surface area is 117 Å². The second-order valence-corrected chi connectivity index (χ2v) is 4.87. The van der Waals surface area contributed by atoms with Gasteiger partial charge in [-0.2, -0.15) is 0 Å². The molecule has 0 spiro atoms. The van der Waals surface area contributed by atoms with E-state index in [9.17, 15) is 18.4 Å². The van der Waals surface area contributed by atoms with E-state index in [0.717, 1.165) is 6.08 Å². The molecule has 0 aromatic heterocycles. The van der Waals surface area contributed by atoms with Crippen LogP contribution in [-0.2, 0) is 19.1 Å². The van der Waals surface area contributed by atoms with Crippen molar-refractivity contribution < 1.29 is 27.8 Å². The molecule has 0 aliphatic rings. The third-order valence-corrected chi connectivity index (χ3v) is 2.35. The number of esters is 2. The van der Waals surface area contributed by atoms with Gasteiger partial charge in [0, 0.05) is 11.6 Å².